The Morgan fingerprint density at radius 1 is 0.880 bits per heavy atom. The van der Waals surface area contributed by atoms with E-state index < -0.39 is 0 Å². The van der Waals surface area contributed by atoms with Crippen molar-refractivity contribution in [3.8, 4) is 5.75 Å². The fourth-order valence-electron chi connectivity index (χ4n) is 4.27. The fourth-order valence-corrected chi connectivity index (χ4v) is 4.45. The van der Waals surface area contributed by atoms with Crippen LogP contribution in [0.1, 0.15) is 28.7 Å². The van der Waals surface area contributed by atoms with E-state index in [0.717, 1.165) is 16.3 Å². The maximum atomic E-state index is 6.28. The molecule has 5 rings (SSSR count). The summed E-state index contributed by atoms with van der Waals surface area (Å²) in [6, 6.07) is 25.4. The average Bonchev–Trinajstić information content (AvgIpc) is 2.67. The summed E-state index contributed by atoms with van der Waals surface area (Å²) in [6.45, 7) is 0.695. The van der Waals surface area contributed by atoms with Crippen LogP contribution in [0.4, 0.5) is 5.69 Å². The second-order valence-electron chi connectivity index (χ2n) is 6.75. The number of fused-ring (bicyclic) bond motifs is 4. The van der Waals surface area contributed by atoms with Crippen molar-refractivity contribution < 1.29 is 4.74 Å². The van der Waals surface area contributed by atoms with E-state index in [1.807, 2.05) is 18.2 Å². The van der Waals surface area contributed by atoms with Crippen LogP contribution in [0.5, 0.6) is 5.75 Å². The lowest BCUT2D eigenvalue weighted by Crippen LogP contribution is -2.39. The molecule has 0 saturated heterocycles. The summed E-state index contributed by atoms with van der Waals surface area (Å²) >= 11 is 6.28. The first-order valence-corrected chi connectivity index (χ1v) is 9.02. The van der Waals surface area contributed by atoms with Gasteiger partial charge in [0.25, 0.3) is 0 Å². The molecule has 0 radical (unpaired) electrons. The van der Waals surface area contributed by atoms with Gasteiger partial charge in [-0.05, 0) is 35.4 Å². The molecular formula is C22H18ClNO. The predicted octanol–water partition coefficient (Wildman–Crippen LogP) is 5.65. The van der Waals surface area contributed by atoms with Crippen molar-refractivity contribution >= 4 is 17.3 Å². The molecule has 2 nitrogen and oxygen atoms in total. The van der Waals surface area contributed by atoms with E-state index in [0.29, 0.717) is 18.4 Å². The molecule has 0 amide bonds. The molecule has 3 aromatic carbocycles. The minimum atomic E-state index is 0.197. The lowest BCUT2D eigenvalue weighted by molar-refractivity contribution is 0.183. The van der Waals surface area contributed by atoms with Gasteiger partial charge in [0.05, 0.1) is 12.6 Å². The summed E-state index contributed by atoms with van der Waals surface area (Å²) < 4.78 is 6.12. The molecular weight excluding hydrogens is 330 g/mol. The van der Waals surface area contributed by atoms with Gasteiger partial charge < -0.3 is 10.1 Å². The van der Waals surface area contributed by atoms with Crippen molar-refractivity contribution in [3.05, 3.63) is 94.5 Å². The van der Waals surface area contributed by atoms with Crippen LogP contribution in [0.2, 0.25) is 5.02 Å². The van der Waals surface area contributed by atoms with Crippen molar-refractivity contribution in [2.24, 2.45) is 5.92 Å². The highest BCUT2D eigenvalue weighted by Crippen LogP contribution is 2.51. The van der Waals surface area contributed by atoms with E-state index in [1.165, 1.54) is 16.8 Å². The normalized spacial score (nSPS) is 23.5. The van der Waals surface area contributed by atoms with Crippen LogP contribution in [0, 0.1) is 5.92 Å². The molecule has 0 saturated carbocycles. The van der Waals surface area contributed by atoms with E-state index in [9.17, 15) is 0 Å². The molecule has 3 heteroatoms. The number of nitrogens with one attached hydrogen (secondary N) is 1. The van der Waals surface area contributed by atoms with Crippen LogP contribution in [0.3, 0.4) is 0 Å². The molecule has 2 heterocycles. The molecule has 0 spiro atoms. The Hall–Kier alpha value is -2.45. The van der Waals surface area contributed by atoms with E-state index >= 15 is 0 Å². The van der Waals surface area contributed by atoms with Gasteiger partial charge in [-0.3, -0.25) is 0 Å². The van der Waals surface area contributed by atoms with E-state index in [1.54, 1.807) is 0 Å². The Kier molecular flexibility index (Phi) is 3.46. The van der Waals surface area contributed by atoms with Gasteiger partial charge in [-0.2, -0.15) is 0 Å². The minimum absolute atomic E-state index is 0.197. The van der Waals surface area contributed by atoms with Crippen LogP contribution in [-0.2, 0) is 0 Å². The standard InChI is InChI=1S/C22H18ClNO/c23-15-10-11-20-17(12-15)22-18(13-25-20)21(14-6-2-1-3-7-14)16-8-4-5-9-19(16)24-22/h1-12,18,21-22,24H,13H2/t18-,21+,22+/m1/s1. The molecule has 2 aliphatic heterocycles. The Labute approximate surface area is 152 Å². The van der Waals surface area contributed by atoms with Crippen molar-refractivity contribution in [2.75, 3.05) is 11.9 Å². The van der Waals surface area contributed by atoms with Crippen LogP contribution >= 0.6 is 11.6 Å². The fraction of sp³-hybridized carbons (Fsp3) is 0.182. The second kappa shape index (κ2) is 5.82. The van der Waals surface area contributed by atoms with Gasteiger partial charge >= 0.3 is 0 Å². The number of benzene rings is 3. The van der Waals surface area contributed by atoms with Gasteiger partial charge in [0.2, 0.25) is 0 Å². The first kappa shape index (κ1) is 14.9. The summed E-state index contributed by atoms with van der Waals surface area (Å²) in [6.07, 6.45) is 0. The maximum Gasteiger partial charge on any atom is 0.124 e. The number of para-hydroxylation sites is 1. The minimum Gasteiger partial charge on any atom is -0.493 e. The summed E-state index contributed by atoms with van der Waals surface area (Å²) in [5, 5.41) is 4.49. The number of halogens is 1. The van der Waals surface area contributed by atoms with E-state index in [4.69, 9.17) is 16.3 Å². The van der Waals surface area contributed by atoms with Gasteiger partial charge in [-0.25, -0.2) is 0 Å². The summed E-state index contributed by atoms with van der Waals surface area (Å²) in [7, 11) is 0. The molecule has 0 aromatic heterocycles. The second-order valence-corrected chi connectivity index (χ2v) is 7.19. The quantitative estimate of drug-likeness (QED) is 0.614. The number of rotatable bonds is 1. The molecule has 3 aromatic rings. The third-order valence-corrected chi connectivity index (χ3v) is 5.60. The number of hydrogen-bond acceptors (Lipinski definition) is 2. The predicted molar refractivity (Wildman–Crippen MR) is 102 cm³/mol. The van der Waals surface area contributed by atoms with Crippen molar-refractivity contribution in [2.45, 2.75) is 12.0 Å². The van der Waals surface area contributed by atoms with E-state index in [-0.39, 0.29) is 6.04 Å². The lowest BCUT2D eigenvalue weighted by Gasteiger charge is -2.44. The lowest BCUT2D eigenvalue weighted by atomic mass is 9.71. The zero-order chi connectivity index (χ0) is 16.8. The molecule has 3 atom stereocenters. The number of anilines is 1. The smallest absolute Gasteiger partial charge is 0.124 e. The number of hydrogen-bond donors (Lipinski definition) is 1. The first-order valence-electron chi connectivity index (χ1n) is 8.64. The topological polar surface area (TPSA) is 21.3 Å². The Bertz CT molecular complexity index is 924. The third kappa shape index (κ3) is 2.40. The largest absolute Gasteiger partial charge is 0.493 e. The molecule has 1 N–H and O–H groups in total. The molecule has 0 unspecified atom stereocenters. The highest BCUT2D eigenvalue weighted by Gasteiger charge is 2.42. The summed E-state index contributed by atoms with van der Waals surface area (Å²) in [4.78, 5) is 0. The highest BCUT2D eigenvalue weighted by atomic mass is 35.5. The zero-order valence-corrected chi connectivity index (χ0v) is 14.4. The Balaban J connectivity index is 1.69. The van der Waals surface area contributed by atoms with Crippen LogP contribution in [0.25, 0.3) is 0 Å². The van der Waals surface area contributed by atoms with Crippen LogP contribution in [0.15, 0.2) is 72.8 Å². The number of ether oxygens (including phenoxy) is 1. The van der Waals surface area contributed by atoms with Crippen molar-refractivity contribution in [1.29, 1.82) is 0 Å². The Morgan fingerprint density at radius 2 is 1.68 bits per heavy atom. The summed E-state index contributed by atoms with van der Waals surface area (Å²) in [5.74, 6) is 1.56. The van der Waals surface area contributed by atoms with E-state index in [2.05, 4.69) is 59.9 Å². The van der Waals surface area contributed by atoms with Gasteiger partial charge in [-0.15, -0.1) is 0 Å². The van der Waals surface area contributed by atoms with Crippen LogP contribution in [-0.4, -0.2) is 6.61 Å². The summed E-state index contributed by atoms with van der Waals surface area (Å²) in [5.41, 5.74) is 5.02. The molecule has 0 bridgehead atoms. The van der Waals surface area contributed by atoms with Gasteiger partial charge in [0, 0.05) is 28.1 Å². The zero-order valence-electron chi connectivity index (χ0n) is 13.7. The average molecular weight is 348 g/mol. The Morgan fingerprint density at radius 3 is 2.56 bits per heavy atom. The van der Waals surface area contributed by atoms with Crippen molar-refractivity contribution in [3.63, 3.8) is 0 Å². The SMILES string of the molecule is Clc1ccc2c(c1)[C@@H]1Nc3ccccc3[C@H](c3ccccc3)[C@H]1CO2. The van der Waals surface area contributed by atoms with Gasteiger partial charge in [-0.1, -0.05) is 60.1 Å². The molecule has 2 aliphatic rings. The molecule has 124 valence electrons. The highest BCUT2D eigenvalue weighted by molar-refractivity contribution is 6.30. The molecule has 0 aliphatic carbocycles. The molecule has 25 heavy (non-hydrogen) atoms. The molecule has 0 fully saturated rings. The van der Waals surface area contributed by atoms with Crippen LogP contribution < -0.4 is 10.1 Å². The van der Waals surface area contributed by atoms with Gasteiger partial charge in [0.1, 0.15) is 5.75 Å². The van der Waals surface area contributed by atoms with Gasteiger partial charge in [0.15, 0.2) is 0 Å². The van der Waals surface area contributed by atoms with Crippen molar-refractivity contribution in [1.82, 2.24) is 0 Å². The maximum absolute atomic E-state index is 6.28. The monoisotopic (exact) mass is 347 g/mol. The third-order valence-electron chi connectivity index (χ3n) is 5.36. The first-order chi connectivity index (χ1) is 12.3.